The Morgan fingerprint density at radius 1 is 0.545 bits per heavy atom. The summed E-state index contributed by atoms with van der Waals surface area (Å²) in [5.74, 6) is 3.35. The summed E-state index contributed by atoms with van der Waals surface area (Å²) < 4.78 is 12.0. The third-order valence-corrected chi connectivity index (χ3v) is 10.5. The molecule has 4 nitrogen and oxygen atoms in total. The van der Waals surface area contributed by atoms with Gasteiger partial charge in [0.1, 0.15) is 11.5 Å². The summed E-state index contributed by atoms with van der Waals surface area (Å²) in [7, 11) is 0. The Morgan fingerprint density at radius 3 is 1.32 bits per heavy atom. The number of nitrogens with zero attached hydrogens (tertiary/aromatic N) is 2. The maximum atomic E-state index is 6.01. The second kappa shape index (κ2) is 12.4. The van der Waals surface area contributed by atoms with Gasteiger partial charge in [0.15, 0.2) is 0 Å². The molecule has 0 amide bonds. The van der Waals surface area contributed by atoms with E-state index in [9.17, 15) is 0 Å². The first-order valence-corrected chi connectivity index (χ1v) is 16.6. The van der Waals surface area contributed by atoms with E-state index in [-0.39, 0.29) is 0 Å². The van der Waals surface area contributed by atoms with E-state index in [2.05, 4.69) is 135 Å². The van der Waals surface area contributed by atoms with E-state index in [1.807, 2.05) is 0 Å². The molecule has 2 saturated heterocycles. The predicted molar refractivity (Wildman–Crippen MR) is 178 cm³/mol. The van der Waals surface area contributed by atoms with Crippen LogP contribution in [0, 0.1) is 25.7 Å². The Balaban J connectivity index is 0.000000142. The predicted octanol–water partition coefficient (Wildman–Crippen LogP) is 9.02. The molecule has 0 N–H and O–H groups in total. The lowest BCUT2D eigenvalue weighted by atomic mass is 9.90. The lowest BCUT2D eigenvalue weighted by molar-refractivity contribution is 0.138. The second-order valence-electron chi connectivity index (χ2n) is 13.1. The summed E-state index contributed by atoms with van der Waals surface area (Å²) in [5.41, 5.74) is 8.29. The van der Waals surface area contributed by atoms with Crippen LogP contribution in [0.3, 0.4) is 0 Å². The van der Waals surface area contributed by atoms with Crippen molar-refractivity contribution in [2.45, 2.75) is 64.7 Å². The lowest BCUT2D eigenvalue weighted by Gasteiger charge is -2.34. The number of likely N-dealkylation sites (tertiary alicyclic amines) is 2. The maximum Gasteiger partial charge on any atom is 0.124 e. The Morgan fingerprint density at radius 2 is 0.932 bits per heavy atom. The molecule has 0 aliphatic carbocycles. The first-order valence-electron chi connectivity index (χ1n) is 16.6. The van der Waals surface area contributed by atoms with Crippen LogP contribution in [0.5, 0.6) is 11.5 Å². The molecule has 0 spiro atoms. The van der Waals surface area contributed by atoms with Gasteiger partial charge >= 0.3 is 0 Å². The molecular formula is C40H46N2O2. The molecule has 228 valence electrons. The quantitative estimate of drug-likeness (QED) is 0.238. The van der Waals surface area contributed by atoms with Crippen molar-refractivity contribution in [3.8, 4) is 11.5 Å². The zero-order chi connectivity index (χ0) is 30.2. The highest BCUT2D eigenvalue weighted by Crippen LogP contribution is 2.53. The van der Waals surface area contributed by atoms with Gasteiger partial charge in [0.05, 0.1) is 13.2 Å². The number of para-hydroxylation sites is 2. The molecule has 4 heteroatoms. The van der Waals surface area contributed by atoms with E-state index in [0.29, 0.717) is 36.0 Å². The smallest absolute Gasteiger partial charge is 0.124 e. The number of aryl methyl sites for hydroxylation is 2. The fraction of sp³-hybridized carbons (Fsp3) is 0.400. The molecule has 0 radical (unpaired) electrons. The third kappa shape index (κ3) is 5.33. The topological polar surface area (TPSA) is 24.9 Å². The monoisotopic (exact) mass is 586 g/mol. The van der Waals surface area contributed by atoms with Gasteiger partial charge in [-0.1, -0.05) is 110 Å². The third-order valence-electron chi connectivity index (χ3n) is 10.5. The Bertz CT molecular complexity index is 1450. The average molecular weight is 587 g/mol. The van der Waals surface area contributed by atoms with Crippen LogP contribution in [0.2, 0.25) is 0 Å². The summed E-state index contributed by atoms with van der Waals surface area (Å²) in [6, 6.07) is 37.3. The average Bonchev–Trinajstić information content (AvgIpc) is 3.65. The highest BCUT2D eigenvalue weighted by atomic mass is 16.5. The van der Waals surface area contributed by atoms with Gasteiger partial charge in [-0.2, -0.15) is 0 Å². The number of hydrogen-bond acceptors (Lipinski definition) is 4. The normalized spacial score (nSPS) is 27.1. The van der Waals surface area contributed by atoms with Crippen molar-refractivity contribution in [1.82, 2.24) is 9.80 Å². The van der Waals surface area contributed by atoms with Gasteiger partial charge in [0, 0.05) is 47.1 Å². The van der Waals surface area contributed by atoms with Crippen LogP contribution in [0.1, 0.15) is 84.2 Å². The van der Waals surface area contributed by atoms with Gasteiger partial charge in [-0.25, -0.2) is 0 Å². The molecule has 4 aliphatic heterocycles. The van der Waals surface area contributed by atoms with E-state index < -0.39 is 0 Å². The van der Waals surface area contributed by atoms with Gasteiger partial charge < -0.3 is 9.47 Å². The minimum absolute atomic E-state index is 0.501. The fourth-order valence-corrected chi connectivity index (χ4v) is 8.39. The van der Waals surface area contributed by atoms with Gasteiger partial charge in [-0.15, -0.1) is 0 Å². The van der Waals surface area contributed by atoms with Gasteiger partial charge in [0.2, 0.25) is 0 Å². The summed E-state index contributed by atoms with van der Waals surface area (Å²) in [5, 5.41) is 0. The van der Waals surface area contributed by atoms with E-state index in [0.717, 1.165) is 37.8 Å². The first-order chi connectivity index (χ1) is 21.6. The number of hydrogen-bond donors (Lipinski definition) is 0. The van der Waals surface area contributed by atoms with Crippen molar-refractivity contribution in [3.05, 3.63) is 130 Å². The van der Waals surface area contributed by atoms with Crippen molar-refractivity contribution in [3.63, 3.8) is 0 Å². The lowest BCUT2D eigenvalue weighted by Crippen LogP contribution is -2.31. The minimum atomic E-state index is 0.501. The molecule has 0 bridgehead atoms. The van der Waals surface area contributed by atoms with Crippen LogP contribution in [0.25, 0.3) is 0 Å². The Kier molecular flexibility index (Phi) is 8.22. The van der Waals surface area contributed by atoms with Gasteiger partial charge in [-0.3, -0.25) is 9.80 Å². The molecule has 4 aromatic carbocycles. The fourth-order valence-electron chi connectivity index (χ4n) is 8.39. The zero-order valence-electron chi connectivity index (χ0n) is 26.7. The van der Waals surface area contributed by atoms with Crippen LogP contribution < -0.4 is 9.47 Å². The molecule has 4 aromatic rings. The maximum absolute atomic E-state index is 6.01. The molecule has 44 heavy (non-hydrogen) atoms. The SMILES string of the molecule is CCN1[C@@H](c2ccc(C)cc2)C[C@H]2COc3ccccc3[C@H]21.CCN1[C@@H](c2ccc(C)cc2)C[C@H]2COc3ccccc3[C@H]21. The van der Waals surface area contributed by atoms with Gasteiger partial charge in [0.25, 0.3) is 0 Å². The molecule has 6 atom stereocenters. The highest BCUT2D eigenvalue weighted by Gasteiger charge is 2.46. The van der Waals surface area contributed by atoms with E-state index in [1.54, 1.807) is 0 Å². The molecule has 0 saturated carbocycles. The molecule has 0 unspecified atom stereocenters. The van der Waals surface area contributed by atoms with E-state index in [1.165, 1.54) is 46.2 Å². The number of rotatable bonds is 4. The van der Waals surface area contributed by atoms with Crippen LogP contribution in [0.4, 0.5) is 0 Å². The van der Waals surface area contributed by atoms with Crippen LogP contribution in [0.15, 0.2) is 97.1 Å². The minimum Gasteiger partial charge on any atom is -0.493 e. The van der Waals surface area contributed by atoms with Crippen molar-refractivity contribution in [2.75, 3.05) is 26.3 Å². The van der Waals surface area contributed by atoms with Gasteiger partial charge in [-0.05, 0) is 63.0 Å². The number of benzene rings is 4. The molecule has 2 fully saturated rings. The molecular weight excluding hydrogens is 540 g/mol. The van der Waals surface area contributed by atoms with Crippen molar-refractivity contribution < 1.29 is 9.47 Å². The highest BCUT2D eigenvalue weighted by molar-refractivity contribution is 5.41. The van der Waals surface area contributed by atoms with Crippen LogP contribution in [-0.2, 0) is 0 Å². The molecule has 8 rings (SSSR count). The number of fused-ring (bicyclic) bond motifs is 6. The van der Waals surface area contributed by atoms with Crippen molar-refractivity contribution in [1.29, 1.82) is 0 Å². The molecule has 4 aliphatic rings. The summed E-state index contributed by atoms with van der Waals surface area (Å²) in [4.78, 5) is 5.33. The van der Waals surface area contributed by atoms with E-state index in [4.69, 9.17) is 9.47 Å². The van der Waals surface area contributed by atoms with E-state index >= 15 is 0 Å². The van der Waals surface area contributed by atoms with Crippen LogP contribution >= 0.6 is 0 Å². The second-order valence-corrected chi connectivity index (χ2v) is 13.1. The molecule has 0 aromatic heterocycles. The van der Waals surface area contributed by atoms with Crippen LogP contribution in [-0.4, -0.2) is 36.1 Å². The first kappa shape index (κ1) is 29.1. The Hall–Kier alpha value is -3.60. The zero-order valence-corrected chi connectivity index (χ0v) is 26.7. The Labute approximate surface area is 263 Å². The number of ether oxygens (including phenoxy) is 2. The van der Waals surface area contributed by atoms with Crippen molar-refractivity contribution >= 4 is 0 Å². The van der Waals surface area contributed by atoms with Crippen molar-refractivity contribution in [2.24, 2.45) is 11.8 Å². The summed E-state index contributed by atoms with van der Waals surface area (Å²) >= 11 is 0. The standard InChI is InChI=1S/2C20H23NO/c2*1-3-21-18(15-10-8-14(2)9-11-15)12-16-13-22-19-7-5-4-6-17(19)20(16)21/h2*4-11,16,18,20H,3,12-13H2,1-2H3/t2*16-,18+,20-/m00/s1. The largest absolute Gasteiger partial charge is 0.493 e. The summed E-state index contributed by atoms with van der Waals surface area (Å²) in [6.07, 6.45) is 2.38. The molecule has 4 heterocycles. The summed E-state index contributed by atoms with van der Waals surface area (Å²) in [6.45, 7) is 12.7.